The molecule has 2 heterocycles. The van der Waals surface area contributed by atoms with Crippen LogP contribution < -0.4 is 11.1 Å². The van der Waals surface area contributed by atoms with Crippen molar-refractivity contribution in [3.63, 3.8) is 0 Å². The van der Waals surface area contributed by atoms with Crippen molar-refractivity contribution in [1.29, 1.82) is 5.41 Å². The SMILES string of the molecule is C=C/C=C(\C=C(/C)NC(=O)C(C)(C)C)c1ccc(N)c(C(=N)c2cc3c(-c4ccc(C(C)=O)s4)cccc3[nH]2)c1. The lowest BCUT2D eigenvalue weighted by Crippen LogP contribution is -2.33. The summed E-state index contributed by atoms with van der Waals surface area (Å²) in [5.41, 5.74) is 12.1. The molecule has 0 unspecified atom stereocenters. The Balaban J connectivity index is 1.70. The van der Waals surface area contributed by atoms with Crippen LogP contribution in [0.3, 0.4) is 0 Å². The van der Waals surface area contributed by atoms with E-state index in [1.807, 2.05) is 88.4 Å². The van der Waals surface area contributed by atoms with E-state index in [-0.39, 0.29) is 17.4 Å². The topological polar surface area (TPSA) is 112 Å². The molecule has 0 saturated heterocycles. The van der Waals surface area contributed by atoms with Crippen LogP contribution >= 0.6 is 11.3 Å². The highest BCUT2D eigenvalue weighted by Gasteiger charge is 2.21. The Morgan fingerprint density at radius 1 is 1.07 bits per heavy atom. The Bertz CT molecular complexity index is 1710. The number of carbonyl (C=O) groups is 2. The molecule has 6 nitrogen and oxygen atoms in total. The zero-order valence-corrected chi connectivity index (χ0v) is 24.3. The lowest BCUT2D eigenvalue weighted by Gasteiger charge is -2.18. The molecule has 204 valence electrons. The molecular formula is C33H34N4O2S. The van der Waals surface area contributed by atoms with Gasteiger partial charge in [-0.05, 0) is 67.5 Å². The Hall–Kier alpha value is -4.49. The third kappa shape index (κ3) is 6.05. The third-order valence-electron chi connectivity index (χ3n) is 6.47. The number of benzene rings is 2. The normalized spacial score (nSPS) is 12.4. The first kappa shape index (κ1) is 28.5. The molecule has 0 aliphatic rings. The monoisotopic (exact) mass is 550 g/mol. The summed E-state index contributed by atoms with van der Waals surface area (Å²) in [4.78, 5) is 29.4. The van der Waals surface area contributed by atoms with E-state index in [1.165, 1.54) is 11.3 Å². The number of nitrogen functional groups attached to an aromatic ring is 1. The number of hydrogen-bond donors (Lipinski definition) is 4. The number of hydrogen-bond acceptors (Lipinski definition) is 5. The largest absolute Gasteiger partial charge is 0.398 e. The molecule has 40 heavy (non-hydrogen) atoms. The van der Waals surface area contributed by atoms with Gasteiger partial charge in [0.15, 0.2) is 5.78 Å². The van der Waals surface area contributed by atoms with E-state index in [0.29, 0.717) is 27.5 Å². The summed E-state index contributed by atoms with van der Waals surface area (Å²) in [6, 6.07) is 17.3. The van der Waals surface area contributed by atoms with Crippen molar-refractivity contribution in [3.8, 4) is 10.4 Å². The van der Waals surface area contributed by atoms with E-state index in [9.17, 15) is 9.59 Å². The third-order valence-corrected chi connectivity index (χ3v) is 7.69. The standard InChI is InChI=1S/C33H34N4O2S/c1-7-9-21(16-19(2)36-32(39)33(4,5)6)22-12-13-26(34)25(17-22)31(35)28-18-24-23(10-8-11-27(24)37-28)30-15-14-29(40-30)20(3)38/h7-18,35,37H,1,34H2,2-6H3,(H,36,39)/b19-16+,21-9+,35-31?. The quantitative estimate of drug-likeness (QED) is 0.0779. The molecule has 4 aromatic rings. The molecule has 4 rings (SSSR count). The first-order valence-corrected chi connectivity index (χ1v) is 13.7. The Morgan fingerprint density at radius 2 is 1.82 bits per heavy atom. The Morgan fingerprint density at radius 3 is 2.48 bits per heavy atom. The van der Waals surface area contributed by atoms with Crippen LogP contribution in [0.2, 0.25) is 0 Å². The van der Waals surface area contributed by atoms with Crippen LogP contribution in [0, 0.1) is 10.8 Å². The van der Waals surface area contributed by atoms with Crippen LogP contribution in [0.5, 0.6) is 0 Å². The molecule has 2 aromatic heterocycles. The maximum absolute atomic E-state index is 12.5. The lowest BCUT2D eigenvalue weighted by atomic mass is 9.95. The van der Waals surface area contributed by atoms with Crippen molar-refractivity contribution in [2.75, 3.05) is 5.73 Å². The molecule has 0 fully saturated rings. The van der Waals surface area contributed by atoms with Crippen LogP contribution in [0.15, 0.2) is 85.1 Å². The van der Waals surface area contributed by atoms with Gasteiger partial charge in [0, 0.05) is 43.7 Å². The predicted molar refractivity (Wildman–Crippen MR) is 168 cm³/mol. The maximum Gasteiger partial charge on any atom is 0.229 e. The van der Waals surface area contributed by atoms with E-state index in [4.69, 9.17) is 11.1 Å². The van der Waals surface area contributed by atoms with Gasteiger partial charge < -0.3 is 16.0 Å². The van der Waals surface area contributed by atoms with Gasteiger partial charge in [0.1, 0.15) is 0 Å². The summed E-state index contributed by atoms with van der Waals surface area (Å²) in [7, 11) is 0. The van der Waals surface area contributed by atoms with Crippen molar-refractivity contribution in [3.05, 3.63) is 107 Å². The van der Waals surface area contributed by atoms with Crippen molar-refractivity contribution < 1.29 is 9.59 Å². The average Bonchev–Trinajstić information content (AvgIpc) is 3.55. The number of aromatic nitrogens is 1. The fourth-order valence-corrected chi connectivity index (χ4v) is 5.21. The summed E-state index contributed by atoms with van der Waals surface area (Å²) < 4.78 is 0. The van der Waals surface area contributed by atoms with Crippen molar-refractivity contribution in [1.82, 2.24) is 10.3 Å². The molecule has 1 amide bonds. The highest BCUT2D eigenvalue weighted by atomic mass is 32.1. The van der Waals surface area contributed by atoms with Crippen LogP contribution in [-0.4, -0.2) is 22.4 Å². The highest BCUT2D eigenvalue weighted by molar-refractivity contribution is 7.17. The number of rotatable bonds is 8. The zero-order valence-electron chi connectivity index (χ0n) is 23.4. The van der Waals surface area contributed by atoms with Gasteiger partial charge in [-0.25, -0.2) is 0 Å². The van der Waals surface area contributed by atoms with E-state index in [2.05, 4.69) is 16.9 Å². The second-order valence-electron chi connectivity index (χ2n) is 10.7. The van der Waals surface area contributed by atoms with Crippen LogP contribution in [0.1, 0.15) is 61.1 Å². The van der Waals surface area contributed by atoms with Gasteiger partial charge in [0.2, 0.25) is 5.91 Å². The molecule has 5 N–H and O–H groups in total. The molecule has 7 heteroatoms. The van der Waals surface area contributed by atoms with Gasteiger partial charge >= 0.3 is 0 Å². The van der Waals surface area contributed by atoms with Gasteiger partial charge in [-0.3, -0.25) is 15.0 Å². The fraction of sp³-hybridized carbons (Fsp3) is 0.182. The maximum atomic E-state index is 12.5. The van der Waals surface area contributed by atoms with E-state index < -0.39 is 5.41 Å². The minimum absolute atomic E-state index is 0.0433. The number of anilines is 1. The first-order chi connectivity index (χ1) is 18.9. The first-order valence-electron chi connectivity index (χ1n) is 12.9. The van der Waals surface area contributed by atoms with Gasteiger partial charge in [-0.2, -0.15) is 0 Å². The number of allylic oxidation sites excluding steroid dienone is 5. The van der Waals surface area contributed by atoms with Gasteiger partial charge in [0.25, 0.3) is 0 Å². The van der Waals surface area contributed by atoms with Crippen molar-refractivity contribution in [2.45, 2.75) is 34.6 Å². The summed E-state index contributed by atoms with van der Waals surface area (Å²) in [5, 5.41) is 13.0. The number of aromatic amines is 1. The second kappa shape index (κ2) is 11.3. The molecule has 0 aliphatic carbocycles. The Labute approximate surface area is 238 Å². The summed E-state index contributed by atoms with van der Waals surface area (Å²) >= 11 is 1.46. The predicted octanol–water partition coefficient (Wildman–Crippen LogP) is 7.73. The fourth-order valence-electron chi connectivity index (χ4n) is 4.26. The van der Waals surface area contributed by atoms with Gasteiger partial charge in [-0.15, -0.1) is 11.3 Å². The van der Waals surface area contributed by atoms with Gasteiger partial charge in [-0.1, -0.05) is 57.7 Å². The van der Waals surface area contributed by atoms with E-state index in [1.54, 1.807) is 19.1 Å². The number of H-pyrrole nitrogens is 1. The number of ketones is 1. The highest BCUT2D eigenvalue weighted by Crippen LogP contribution is 2.35. The average molecular weight is 551 g/mol. The minimum Gasteiger partial charge on any atom is -0.398 e. The lowest BCUT2D eigenvalue weighted by molar-refractivity contribution is -0.127. The van der Waals surface area contributed by atoms with E-state index in [0.717, 1.165) is 32.5 Å². The summed E-state index contributed by atoms with van der Waals surface area (Å²) in [6.07, 6.45) is 5.43. The molecule has 0 aliphatic heterocycles. The number of nitrogens with two attached hydrogens (primary N) is 1. The number of nitrogens with one attached hydrogen (secondary N) is 3. The van der Waals surface area contributed by atoms with Crippen LogP contribution in [-0.2, 0) is 4.79 Å². The van der Waals surface area contributed by atoms with Crippen LogP contribution in [0.25, 0.3) is 26.9 Å². The number of Topliss-reactive ketones (excluding diaryl/α,β-unsaturated/α-hetero) is 1. The van der Waals surface area contributed by atoms with Gasteiger partial charge in [0.05, 0.1) is 16.3 Å². The molecule has 0 bridgehead atoms. The number of fused-ring (bicyclic) bond motifs is 1. The number of amides is 1. The number of carbonyl (C=O) groups excluding carboxylic acids is 2. The van der Waals surface area contributed by atoms with Crippen molar-refractivity contribution in [2.24, 2.45) is 5.41 Å². The van der Waals surface area contributed by atoms with Crippen LogP contribution in [0.4, 0.5) is 5.69 Å². The zero-order chi connectivity index (χ0) is 29.2. The molecule has 0 radical (unpaired) electrons. The molecular weight excluding hydrogens is 516 g/mol. The molecule has 0 saturated carbocycles. The summed E-state index contributed by atoms with van der Waals surface area (Å²) in [6.45, 7) is 12.9. The Kier molecular flexibility index (Phi) is 8.07. The number of thiophene rings is 1. The van der Waals surface area contributed by atoms with E-state index >= 15 is 0 Å². The minimum atomic E-state index is -0.514. The second-order valence-corrected chi connectivity index (χ2v) is 11.8. The summed E-state index contributed by atoms with van der Waals surface area (Å²) in [5.74, 6) is -0.0287. The smallest absolute Gasteiger partial charge is 0.229 e. The molecule has 2 aromatic carbocycles. The molecule has 0 atom stereocenters. The van der Waals surface area contributed by atoms with Crippen molar-refractivity contribution >= 4 is 50.9 Å². The molecule has 0 spiro atoms.